The molecule has 1 N–H and O–H groups in total. The minimum atomic E-state index is 0.490. The van der Waals surface area contributed by atoms with E-state index in [0.717, 1.165) is 25.3 Å². The average Bonchev–Trinajstić information content (AvgIpc) is 2.26. The van der Waals surface area contributed by atoms with Crippen LogP contribution in [0.5, 0.6) is 0 Å². The molecule has 0 unspecified atom stereocenters. The molecule has 18 heavy (non-hydrogen) atoms. The highest BCUT2D eigenvalue weighted by Gasteiger charge is 2.02. The molecule has 0 aliphatic carbocycles. The summed E-state index contributed by atoms with van der Waals surface area (Å²) in [7, 11) is 2.16. The van der Waals surface area contributed by atoms with Crippen LogP contribution in [-0.4, -0.2) is 41.0 Å². The lowest BCUT2D eigenvalue weighted by Crippen LogP contribution is -2.27. The van der Waals surface area contributed by atoms with Crippen LogP contribution in [0.25, 0.3) is 0 Å². The first-order valence-electron chi connectivity index (χ1n) is 6.44. The number of nitrogens with zero attached hydrogens (tertiary/aromatic N) is 3. The highest BCUT2D eigenvalue weighted by atomic mass is 35.5. The van der Waals surface area contributed by atoms with Crippen LogP contribution in [0.4, 0.5) is 5.82 Å². The smallest absolute Gasteiger partial charge is 0.134 e. The van der Waals surface area contributed by atoms with E-state index < -0.39 is 0 Å². The minimum Gasteiger partial charge on any atom is -0.370 e. The summed E-state index contributed by atoms with van der Waals surface area (Å²) in [5, 5.41) is 3.77. The van der Waals surface area contributed by atoms with Gasteiger partial charge < -0.3 is 10.2 Å². The average molecular weight is 271 g/mol. The molecule has 0 bridgehead atoms. The molecular formula is C13H23ClN4. The fourth-order valence-corrected chi connectivity index (χ4v) is 1.81. The summed E-state index contributed by atoms with van der Waals surface area (Å²) in [6, 6.07) is 2.37. The quantitative estimate of drug-likeness (QED) is 0.611. The lowest BCUT2D eigenvalue weighted by atomic mass is 10.2. The summed E-state index contributed by atoms with van der Waals surface area (Å²) in [4.78, 5) is 10.7. The number of halogens is 1. The van der Waals surface area contributed by atoms with E-state index >= 15 is 0 Å². The third-order valence-corrected chi connectivity index (χ3v) is 3.13. The van der Waals surface area contributed by atoms with Crippen molar-refractivity contribution in [2.75, 3.05) is 25.5 Å². The molecule has 0 aromatic carbocycles. The summed E-state index contributed by atoms with van der Waals surface area (Å²) in [6.07, 6.45) is 2.30. The van der Waals surface area contributed by atoms with E-state index in [9.17, 15) is 0 Å². The lowest BCUT2D eigenvalue weighted by molar-refractivity contribution is 0.269. The van der Waals surface area contributed by atoms with Crippen LogP contribution in [0.3, 0.4) is 0 Å². The van der Waals surface area contributed by atoms with Crippen LogP contribution in [-0.2, 0) is 0 Å². The van der Waals surface area contributed by atoms with E-state index in [2.05, 4.69) is 41.1 Å². The van der Waals surface area contributed by atoms with Gasteiger partial charge in [0.2, 0.25) is 0 Å². The topological polar surface area (TPSA) is 41.1 Å². The molecule has 1 heterocycles. The van der Waals surface area contributed by atoms with Gasteiger partial charge in [-0.3, -0.25) is 0 Å². The van der Waals surface area contributed by atoms with Gasteiger partial charge in [0, 0.05) is 18.7 Å². The van der Waals surface area contributed by atoms with Gasteiger partial charge in [-0.2, -0.15) is 0 Å². The van der Waals surface area contributed by atoms with E-state index in [4.69, 9.17) is 11.6 Å². The van der Waals surface area contributed by atoms with Crippen molar-refractivity contribution in [3.8, 4) is 0 Å². The minimum absolute atomic E-state index is 0.490. The number of rotatable bonds is 7. The molecule has 0 radical (unpaired) electrons. The largest absolute Gasteiger partial charge is 0.370 e. The molecule has 0 aliphatic heterocycles. The van der Waals surface area contributed by atoms with Crippen molar-refractivity contribution in [2.24, 2.45) is 0 Å². The van der Waals surface area contributed by atoms with Gasteiger partial charge in [-0.1, -0.05) is 11.6 Å². The van der Waals surface area contributed by atoms with Crippen molar-refractivity contribution in [3.63, 3.8) is 0 Å². The first-order valence-corrected chi connectivity index (χ1v) is 6.82. The van der Waals surface area contributed by atoms with E-state index in [1.807, 2.05) is 6.92 Å². The van der Waals surface area contributed by atoms with Crippen LogP contribution in [0.1, 0.15) is 32.5 Å². The number of nitrogens with one attached hydrogen (secondary N) is 1. The van der Waals surface area contributed by atoms with Crippen LogP contribution >= 0.6 is 11.6 Å². The number of anilines is 1. The molecule has 0 fully saturated rings. The first-order chi connectivity index (χ1) is 8.49. The Balaban J connectivity index is 2.22. The standard InChI is InChI=1S/C13H23ClN4/c1-10(2)18(4)8-6-5-7-15-13-9-12(14)16-11(3)17-13/h9-10H,5-8H2,1-4H3,(H,15,16,17). The second kappa shape index (κ2) is 7.54. The molecule has 0 aliphatic rings. The first kappa shape index (κ1) is 15.2. The molecular weight excluding hydrogens is 248 g/mol. The van der Waals surface area contributed by atoms with Crippen molar-refractivity contribution in [2.45, 2.75) is 39.7 Å². The van der Waals surface area contributed by atoms with Crippen molar-refractivity contribution < 1.29 is 0 Å². The maximum absolute atomic E-state index is 5.87. The van der Waals surface area contributed by atoms with Gasteiger partial charge in [-0.05, 0) is 47.2 Å². The molecule has 1 aromatic rings. The third-order valence-electron chi connectivity index (χ3n) is 2.93. The Bertz CT molecular complexity index is 348. The van der Waals surface area contributed by atoms with E-state index in [1.165, 1.54) is 6.42 Å². The Morgan fingerprint density at radius 1 is 1.33 bits per heavy atom. The molecule has 4 nitrogen and oxygen atoms in total. The molecule has 102 valence electrons. The molecule has 0 saturated carbocycles. The third kappa shape index (κ3) is 5.65. The number of aryl methyl sites for hydroxylation is 1. The molecule has 1 aromatic heterocycles. The second-order valence-corrected chi connectivity index (χ2v) is 5.22. The fourth-order valence-electron chi connectivity index (χ4n) is 1.58. The fraction of sp³-hybridized carbons (Fsp3) is 0.692. The molecule has 5 heteroatoms. The number of hydrogen-bond acceptors (Lipinski definition) is 4. The van der Waals surface area contributed by atoms with Crippen LogP contribution in [0, 0.1) is 6.92 Å². The molecule has 0 spiro atoms. The summed E-state index contributed by atoms with van der Waals surface area (Å²) < 4.78 is 0. The van der Waals surface area contributed by atoms with Gasteiger partial charge in [0.15, 0.2) is 0 Å². The Labute approximate surface area is 115 Å². The van der Waals surface area contributed by atoms with Crippen molar-refractivity contribution in [1.82, 2.24) is 14.9 Å². The van der Waals surface area contributed by atoms with E-state index in [-0.39, 0.29) is 0 Å². The maximum Gasteiger partial charge on any atom is 0.134 e. The SMILES string of the molecule is Cc1nc(Cl)cc(NCCCCN(C)C(C)C)n1. The normalized spacial score (nSPS) is 11.3. The summed E-state index contributed by atoms with van der Waals surface area (Å²) in [5.74, 6) is 1.51. The van der Waals surface area contributed by atoms with Crippen LogP contribution in [0.2, 0.25) is 5.15 Å². The number of aromatic nitrogens is 2. The number of hydrogen-bond donors (Lipinski definition) is 1. The van der Waals surface area contributed by atoms with Crippen LogP contribution in [0.15, 0.2) is 6.07 Å². The Kier molecular flexibility index (Phi) is 6.36. The predicted molar refractivity (Wildman–Crippen MR) is 77.3 cm³/mol. The Hall–Kier alpha value is -0.870. The molecule has 1 rings (SSSR count). The summed E-state index contributed by atoms with van der Waals surface area (Å²) in [5.41, 5.74) is 0. The highest BCUT2D eigenvalue weighted by Crippen LogP contribution is 2.11. The van der Waals surface area contributed by atoms with Crippen molar-refractivity contribution in [1.29, 1.82) is 0 Å². The summed E-state index contributed by atoms with van der Waals surface area (Å²) in [6.45, 7) is 8.31. The summed E-state index contributed by atoms with van der Waals surface area (Å²) >= 11 is 5.87. The van der Waals surface area contributed by atoms with Crippen LogP contribution < -0.4 is 5.32 Å². The van der Waals surface area contributed by atoms with Gasteiger partial charge in [0.1, 0.15) is 16.8 Å². The lowest BCUT2D eigenvalue weighted by Gasteiger charge is -2.20. The number of unbranched alkanes of at least 4 members (excludes halogenated alkanes) is 1. The van der Waals surface area contributed by atoms with Crippen molar-refractivity contribution in [3.05, 3.63) is 17.0 Å². The van der Waals surface area contributed by atoms with E-state index in [0.29, 0.717) is 17.0 Å². The van der Waals surface area contributed by atoms with Gasteiger partial charge in [-0.25, -0.2) is 9.97 Å². The van der Waals surface area contributed by atoms with E-state index in [1.54, 1.807) is 6.07 Å². The zero-order valence-electron chi connectivity index (χ0n) is 11.7. The molecule has 0 amide bonds. The van der Waals surface area contributed by atoms with Gasteiger partial charge in [0.25, 0.3) is 0 Å². The zero-order chi connectivity index (χ0) is 13.5. The molecule has 0 saturated heterocycles. The zero-order valence-corrected chi connectivity index (χ0v) is 12.5. The maximum atomic E-state index is 5.87. The van der Waals surface area contributed by atoms with Gasteiger partial charge >= 0.3 is 0 Å². The molecule has 0 atom stereocenters. The van der Waals surface area contributed by atoms with Gasteiger partial charge in [0.05, 0.1) is 0 Å². The monoisotopic (exact) mass is 270 g/mol. The van der Waals surface area contributed by atoms with Gasteiger partial charge in [-0.15, -0.1) is 0 Å². The Morgan fingerprint density at radius 3 is 2.67 bits per heavy atom. The van der Waals surface area contributed by atoms with Crippen molar-refractivity contribution >= 4 is 17.4 Å². The second-order valence-electron chi connectivity index (χ2n) is 4.83. The highest BCUT2D eigenvalue weighted by molar-refractivity contribution is 6.29. The Morgan fingerprint density at radius 2 is 2.06 bits per heavy atom. The predicted octanol–water partition coefficient (Wildman–Crippen LogP) is 2.97.